The molecule has 0 fully saturated rings. The first-order chi connectivity index (χ1) is 9.12. The summed E-state index contributed by atoms with van der Waals surface area (Å²) in [6.45, 7) is 10.8. The molecule has 0 amide bonds. The Morgan fingerprint density at radius 3 is 2.74 bits per heavy atom. The summed E-state index contributed by atoms with van der Waals surface area (Å²) in [5.74, 6) is 0.962. The van der Waals surface area contributed by atoms with Crippen molar-refractivity contribution >= 4 is 5.82 Å². The molecule has 1 N–H and O–H groups in total. The average Bonchev–Trinajstić information content (AvgIpc) is 2.44. The Labute approximate surface area is 116 Å². The van der Waals surface area contributed by atoms with Gasteiger partial charge in [0.1, 0.15) is 5.82 Å². The average molecular weight is 260 g/mol. The van der Waals surface area contributed by atoms with Crippen LogP contribution in [0.2, 0.25) is 0 Å². The van der Waals surface area contributed by atoms with Crippen LogP contribution in [0.15, 0.2) is 18.3 Å². The van der Waals surface area contributed by atoms with Gasteiger partial charge in [0, 0.05) is 25.3 Å². The van der Waals surface area contributed by atoms with Gasteiger partial charge in [-0.25, -0.2) is 4.98 Å². The lowest BCUT2D eigenvalue weighted by atomic mass is 10.1. The van der Waals surface area contributed by atoms with E-state index in [-0.39, 0.29) is 5.92 Å². The Balaban J connectivity index is 2.87. The van der Waals surface area contributed by atoms with Crippen molar-refractivity contribution in [3.8, 4) is 6.07 Å². The smallest absolute Gasteiger partial charge is 0.128 e. The van der Waals surface area contributed by atoms with Crippen molar-refractivity contribution in [2.24, 2.45) is 5.92 Å². The van der Waals surface area contributed by atoms with E-state index in [1.807, 2.05) is 19.2 Å². The second kappa shape index (κ2) is 7.75. The molecule has 0 saturated heterocycles. The number of aromatic nitrogens is 1. The molecular formula is C15H24N4. The van der Waals surface area contributed by atoms with Gasteiger partial charge in [0.2, 0.25) is 0 Å². The van der Waals surface area contributed by atoms with Gasteiger partial charge >= 0.3 is 0 Å². The van der Waals surface area contributed by atoms with Crippen molar-refractivity contribution in [3.63, 3.8) is 0 Å². The van der Waals surface area contributed by atoms with Crippen molar-refractivity contribution in [2.45, 2.75) is 33.7 Å². The third-order valence-corrected chi connectivity index (χ3v) is 3.20. The molecule has 1 aromatic heterocycles. The molecule has 1 rings (SSSR count). The van der Waals surface area contributed by atoms with E-state index in [2.05, 4.69) is 48.1 Å². The number of rotatable bonds is 7. The molecule has 0 bridgehead atoms. The monoisotopic (exact) mass is 260 g/mol. The van der Waals surface area contributed by atoms with Crippen molar-refractivity contribution < 1.29 is 0 Å². The maximum atomic E-state index is 8.93. The fraction of sp³-hybridized carbons (Fsp3) is 0.600. The van der Waals surface area contributed by atoms with Crippen LogP contribution in [0, 0.1) is 17.2 Å². The van der Waals surface area contributed by atoms with Crippen molar-refractivity contribution in [1.82, 2.24) is 10.3 Å². The number of hydrogen-bond donors (Lipinski definition) is 1. The van der Waals surface area contributed by atoms with E-state index in [0.29, 0.717) is 6.04 Å². The molecule has 2 unspecified atom stereocenters. The van der Waals surface area contributed by atoms with E-state index in [1.165, 1.54) is 5.56 Å². The van der Waals surface area contributed by atoms with Crippen LogP contribution in [0.3, 0.4) is 0 Å². The summed E-state index contributed by atoms with van der Waals surface area (Å²) in [6, 6.07) is 6.75. The first-order valence-corrected chi connectivity index (χ1v) is 6.96. The number of hydrogen-bond acceptors (Lipinski definition) is 4. The number of nitrogens with zero attached hydrogens (tertiary/aromatic N) is 3. The van der Waals surface area contributed by atoms with Crippen LogP contribution < -0.4 is 10.2 Å². The molecule has 19 heavy (non-hydrogen) atoms. The second-order valence-corrected chi connectivity index (χ2v) is 4.80. The van der Waals surface area contributed by atoms with Gasteiger partial charge in [0.15, 0.2) is 0 Å². The number of anilines is 1. The molecule has 104 valence electrons. The van der Waals surface area contributed by atoms with E-state index >= 15 is 0 Å². The van der Waals surface area contributed by atoms with Crippen molar-refractivity contribution in [2.75, 3.05) is 24.5 Å². The zero-order valence-corrected chi connectivity index (χ0v) is 12.3. The Hall–Kier alpha value is -1.60. The second-order valence-electron chi connectivity index (χ2n) is 4.80. The Kier molecular flexibility index (Phi) is 6.31. The predicted molar refractivity (Wildman–Crippen MR) is 79.0 cm³/mol. The fourth-order valence-electron chi connectivity index (χ4n) is 2.06. The molecular weight excluding hydrogens is 236 g/mol. The third-order valence-electron chi connectivity index (χ3n) is 3.20. The maximum absolute atomic E-state index is 8.93. The lowest BCUT2D eigenvalue weighted by molar-refractivity contribution is 0.596. The van der Waals surface area contributed by atoms with Crippen LogP contribution in [0.25, 0.3) is 0 Å². The highest BCUT2D eigenvalue weighted by Crippen LogP contribution is 2.18. The first-order valence-electron chi connectivity index (χ1n) is 6.96. The van der Waals surface area contributed by atoms with Gasteiger partial charge in [0.25, 0.3) is 0 Å². The molecule has 1 heterocycles. The van der Waals surface area contributed by atoms with Crippen LogP contribution >= 0.6 is 0 Å². The standard InChI is InChI=1S/C15H24N4/c1-5-17-13(4)14-7-8-18-15(9-14)19(6-2)11-12(3)10-16/h7-9,12-13,17H,5-6,11H2,1-4H3. The van der Waals surface area contributed by atoms with Crippen LogP contribution in [-0.4, -0.2) is 24.6 Å². The summed E-state index contributed by atoms with van der Waals surface area (Å²) in [6.07, 6.45) is 1.85. The minimum atomic E-state index is 0.0107. The Morgan fingerprint density at radius 1 is 1.42 bits per heavy atom. The molecule has 0 saturated carbocycles. The third kappa shape index (κ3) is 4.53. The summed E-state index contributed by atoms with van der Waals surface area (Å²) in [5.41, 5.74) is 1.23. The quantitative estimate of drug-likeness (QED) is 0.819. The number of nitrogens with one attached hydrogen (secondary N) is 1. The molecule has 0 aliphatic heterocycles. The molecule has 2 atom stereocenters. The lowest BCUT2D eigenvalue weighted by Crippen LogP contribution is -2.29. The topological polar surface area (TPSA) is 52.0 Å². The Bertz CT molecular complexity index is 424. The first kappa shape index (κ1) is 15.5. The summed E-state index contributed by atoms with van der Waals surface area (Å²) >= 11 is 0. The number of nitriles is 1. The SMILES string of the molecule is CCNC(C)c1ccnc(N(CC)CC(C)C#N)c1. The summed E-state index contributed by atoms with van der Waals surface area (Å²) < 4.78 is 0. The van der Waals surface area contributed by atoms with Crippen molar-refractivity contribution in [1.29, 1.82) is 5.26 Å². The van der Waals surface area contributed by atoms with Crippen LogP contribution in [0.5, 0.6) is 0 Å². The lowest BCUT2D eigenvalue weighted by Gasteiger charge is -2.24. The predicted octanol–water partition coefficient (Wildman–Crippen LogP) is 2.74. The zero-order valence-electron chi connectivity index (χ0n) is 12.3. The van der Waals surface area contributed by atoms with E-state index in [0.717, 1.165) is 25.5 Å². The molecule has 1 aromatic rings. The highest BCUT2D eigenvalue weighted by molar-refractivity contribution is 5.42. The summed E-state index contributed by atoms with van der Waals surface area (Å²) in [5, 5.41) is 12.3. The van der Waals surface area contributed by atoms with Crippen molar-refractivity contribution in [3.05, 3.63) is 23.9 Å². The zero-order chi connectivity index (χ0) is 14.3. The van der Waals surface area contributed by atoms with E-state index in [9.17, 15) is 0 Å². The Morgan fingerprint density at radius 2 is 2.16 bits per heavy atom. The van der Waals surface area contributed by atoms with E-state index in [4.69, 9.17) is 5.26 Å². The molecule has 4 nitrogen and oxygen atoms in total. The van der Waals surface area contributed by atoms with Crippen LogP contribution in [-0.2, 0) is 0 Å². The van der Waals surface area contributed by atoms with Gasteiger partial charge in [-0.2, -0.15) is 5.26 Å². The fourth-order valence-corrected chi connectivity index (χ4v) is 2.06. The minimum absolute atomic E-state index is 0.0107. The highest BCUT2D eigenvalue weighted by Gasteiger charge is 2.12. The van der Waals surface area contributed by atoms with Gasteiger partial charge in [0.05, 0.1) is 12.0 Å². The number of pyridine rings is 1. The highest BCUT2D eigenvalue weighted by atomic mass is 15.2. The van der Waals surface area contributed by atoms with Crippen LogP contribution in [0.1, 0.15) is 39.3 Å². The van der Waals surface area contributed by atoms with Gasteiger partial charge in [-0.15, -0.1) is 0 Å². The van der Waals surface area contributed by atoms with E-state index < -0.39 is 0 Å². The van der Waals surface area contributed by atoms with E-state index in [1.54, 1.807) is 0 Å². The normalized spacial score (nSPS) is 13.6. The van der Waals surface area contributed by atoms with Gasteiger partial charge < -0.3 is 10.2 Å². The summed E-state index contributed by atoms with van der Waals surface area (Å²) in [7, 11) is 0. The summed E-state index contributed by atoms with van der Waals surface area (Å²) in [4.78, 5) is 6.58. The molecule has 4 heteroatoms. The van der Waals surface area contributed by atoms with Gasteiger partial charge in [-0.3, -0.25) is 0 Å². The van der Waals surface area contributed by atoms with Gasteiger partial charge in [-0.05, 0) is 45.0 Å². The van der Waals surface area contributed by atoms with Gasteiger partial charge in [-0.1, -0.05) is 6.92 Å². The molecule has 0 aromatic carbocycles. The molecule has 0 spiro atoms. The van der Waals surface area contributed by atoms with Crippen LogP contribution in [0.4, 0.5) is 5.82 Å². The molecule has 0 aliphatic rings. The largest absolute Gasteiger partial charge is 0.356 e. The minimum Gasteiger partial charge on any atom is -0.356 e. The maximum Gasteiger partial charge on any atom is 0.128 e. The molecule has 0 radical (unpaired) electrons. The molecule has 0 aliphatic carbocycles.